The lowest BCUT2D eigenvalue weighted by molar-refractivity contribution is -0.00514. The van der Waals surface area contributed by atoms with E-state index in [1.807, 2.05) is 0 Å². The van der Waals surface area contributed by atoms with Gasteiger partial charge in [-0.05, 0) is 248 Å². The Morgan fingerprint density at radius 1 is 0.473 bits per heavy atom. The van der Waals surface area contributed by atoms with E-state index in [1.54, 1.807) is 5.56 Å². The molecule has 3 nitrogen and oxygen atoms in total. The van der Waals surface area contributed by atoms with E-state index in [4.69, 9.17) is 4.42 Å². The van der Waals surface area contributed by atoms with Crippen LogP contribution in [0.1, 0.15) is 225 Å². The Morgan fingerprint density at radius 2 is 0.932 bits per heavy atom. The first kappa shape index (κ1) is 47.7. The molecule has 15 rings (SSSR count). The fourth-order valence-electron chi connectivity index (χ4n) is 17.7. The van der Waals surface area contributed by atoms with Gasteiger partial charge in [0.1, 0.15) is 5.58 Å². The summed E-state index contributed by atoms with van der Waals surface area (Å²) in [4.78, 5) is 5.54. The highest BCUT2D eigenvalue weighted by atomic mass is 16.3. The molecule has 7 aliphatic carbocycles. The first-order chi connectivity index (χ1) is 34.6. The average Bonchev–Trinajstić information content (AvgIpc) is 3.75. The molecule has 2 aliphatic heterocycles. The molecule has 4 bridgehead atoms. The van der Waals surface area contributed by atoms with Crippen LogP contribution in [-0.4, -0.2) is 6.71 Å². The van der Waals surface area contributed by atoms with Crippen LogP contribution in [0.15, 0.2) is 83.3 Å². The number of fused-ring (bicyclic) bond motifs is 9. The first-order valence-corrected chi connectivity index (χ1v) is 29.5. The molecule has 6 aromatic rings. The normalized spacial score (nSPS) is 27.5. The van der Waals surface area contributed by atoms with Crippen molar-refractivity contribution >= 4 is 68.4 Å². The van der Waals surface area contributed by atoms with Crippen LogP contribution >= 0.6 is 0 Å². The maximum atomic E-state index is 7.83. The zero-order chi connectivity index (χ0) is 51.8. The van der Waals surface area contributed by atoms with Crippen LogP contribution < -0.4 is 26.4 Å². The maximum absolute atomic E-state index is 7.83. The van der Waals surface area contributed by atoms with Gasteiger partial charge < -0.3 is 14.2 Å². The van der Waals surface area contributed by atoms with Gasteiger partial charge in [0.2, 0.25) is 0 Å². The molecule has 4 heteroatoms. The molecule has 74 heavy (non-hydrogen) atoms. The summed E-state index contributed by atoms with van der Waals surface area (Å²) in [5, 5.41) is 1.26. The van der Waals surface area contributed by atoms with Gasteiger partial charge in [0, 0.05) is 33.8 Å². The summed E-state index contributed by atoms with van der Waals surface area (Å²) in [7, 11) is 0. The largest absolute Gasteiger partial charge is 0.468 e. The first-order valence-electron chi connectivity index (χ1n) is 29.5. The van der Waals surface area contributed by atoms with E-state index < -0.39 is 0 Å². The molecule has 3 heterocycles. The lowest BCUT2D eigenvalue weighted by Crippen LogP contribution is -2.61. The van der Waals surface area contributed by atoms with Gasteiger partial charge in [0.05, 0.1) is 11.3 Å². The zero-order valence-electron chi connectivity index (χ0n) is 48.1. The third-order valence-electron chi connectivity index (χ3n) is 22.3. The van der Waals surface area contributed by atoms with Crippen LogP contribution in [0.5, 0.6) is 0 Å². The van der Waals surface area contributed by atoms with Gasteiger partial charge >= 0.3 is 0 Å². The molecule has 0 spiro atoms. The van der Waals surface area contributed by atoms with Crippen LogP contribution in [0.25, 0.3) is 11.0 Å². The minimum Gasteiger partial charge on any atom is -0.468 e. The summed E-state index contributed by atoms with van der Waals surface area (Å²) in [6.07, 6.45) is 15.4. The fourth-order valence-corrected chi connectivity index (χ4v) is 17.7. The van der Waals surface area contributed by atoms with Crippen LogP contribution in [0.2, 0.25) is 0 Å². The molecule has 0 unspecified atom stereocenters. The topological polar surface area (TPSA) is 19.6 Å². The maximum Gasteiger partial charge on any atom is 0.297 e. The quantitative estimate of drug-likeness (QED) is 0.165. The van der Waals surface area contributed by atoms with Crippen LogP contribution in [0.4, 0.5) is 34.1 Å². The van der Waals surface area contributed by atoms with Crippen molar-refractivity contribution in [2.24, 2.45) is 17.8 Å². The molecular formula is C70H85BN2O. The van der Waals surface area contributed by atoms with Gasteiger partial charge in [-0.2, -0.15) is 0 Å². The Kier molecular flexibility index (Phi) is 9.58. The number of rotatable bonds is 3. The highest BCUT2D eigenvalue weighted by Crippen LogP contribution is 2.63. The highest BCUT2D eigenvalue weighted by molar-refractivity contribution is 7.00. The van der Waals surface area contributed by atoms with Crippen LogP contribution in [0, 0.1) is 17.8 Å². The Labute approximate surface area is 445 Å². The Hall–Kier alpha value is -4.70. The van der Waals surface area contributed by atoms with Crippen LogP contribution in [0.3, 0.4) is 0 Å². The van der Waals surface area contributed by atoms with Gasteiger partial charge in [0.15, 0.2) is 0 Å². The van der Waals surface area contributed by atoms with Crippen molar-refractivity contribution in [3.63, 3.8) is 0 Å². The fraction of sp³-hybridized carbons (Fsp3) is 0.543. The molecule has 1 aromatic heterocycles. The van der Waals surface area contributed by atoms with Crippen molar-refractivity contribution < 1.29 is 4.42 Å². The standard InChI is InChI=1S/C70H85BN2O/c1-63(2,3)44-16-18-46(19-17-44)73-58-32-45(70-38-41-28-42(39-70)30-43(29-41)40-70)31-57-60(58)71(62-61(73)48-34-51-54(37-59(48)74-62)69(14,15)27-24-66(51,8)9)55-35-52-53(68(12,13)26-25-67(52,10)11)36-56(55)72(57)47-20-21-49-50(33-47)65(6,7)23-22-64(49,4)5/h16-21,31-37,41-43H,22-30,38-40H2,1-15H3. The van der Waals surface area contributed by atoms with Crippen molar-refractivity contribution in [1.82, 2.24) is 0 Å². The van der Waals surface area contributed by atoms with Crippen molar-refractivity contribution in [3.8, 4) is 0 Å². The smallest absolute Gasteiger partial charge is 0.297 e. The molecule has 0 N–H and O–H groups in total. The van der Waals surface area contributed by atoms with Gasteiger partial charge in [-0.1, -0.05) is 128 Å². The van der Waals surface area contributed by atoms with E-state index >= 15 is 0 Å². The van der Waals surface area contributed by atoms with Crippen molar-refractivity contribution in [1.29, 1.82) is 0 Å². The second-order valence-corrected chi connectivity index (χ2v) is 31.2. The summed E-state index contributed by atoms with van der Waals surface area (Å²) >= 11 is 0. The van der Waals surface area contributed by atoms with Crippen molar-refractivity contribution in [3.05, 3.63) is 123 Å². The summed E-state index contributed by atoms with van der Waals surface area (Å²) in [6, 6.07) is 33.6. The lowest BCUT2D eigenvalue weighted by Gasteiger charge is -2.57. The second kappa shape index (κ2) is 14.9. The number of hydrogen-bond acceptors (Lipinski definition) is 3. The Bertz CT molecular complexity index is 3350. The van der Waals surface area contributed by atoms with E-state index in [-0.39, 0.29) is 50.0 Å². The molecule has 4 saturated carbocycles. The van der Waals surface area contributed by atoms with E-state index in [0.29, 0.717) is 0 Å². The monoisotopic (exact) mass is 981 g/mol. The Balaban J connectivity index is 1.13. The van der Waals surface area contributed by atoms with Crippen LogP contribution in [-0.2, 0) is 43.3 Å². The molecular weight excluding hydrogens is 896 g/mol. The molecule has 0 radical (unpaired) electrons. The minimum atomic E-state index is -0.0821. The van der Waals surface area contributed by atoms with Gasteiger partial charge in [-0.3, -0.25) is 0 Å². The second-order valence-electron chi connectivity index (χ2n) is 31.2. The highest BCUT2D eigenvalue weighted by Gasteiger charge is 2.55. The van der Waals surface area contributed by atoms with Crippen molar-refractivity contribution in [2.45, 2.75) is 224 Å². The molecule has 9 aliphatic rings. The summed E-state index contributed by atoms with van der Waals surface area (Å²) in [6.45, 7) is 36.9. The number of furan rings is 1. The predicted molar refractivity (Wildman–Crippen MR) is 315 cm³/mol. The molecule has 384 valence electrons. The van der Waals surface area contributed by atoms with Gasteiger partial charge in [-0.15, -0.1) is 0 Å². The summed E-state index contributed by atoms with van der Waals surface area (Å²) in [5.41, 5.74) is 25.5. The van der Waals surface area contributed by atoms with E-state index in [2.05, 4.69) is 193 Å². The average molecular weight is 981 g/mol. The van der Waals surface area contributed by atoms with Gasteiger partial charge in [0.25, 0.3) is 6.71 Å². The number of anilines is 6. The molecule has 0 saturated heterocycles. The van der Waals surface area contributed by atoms with E-state index in [0.717, 1.165) is 29.0 Å². The Morgan fingerprint density at radius 3 is 1.47 bits per heavy atom. The van der Waals surface area contributed by atoms with E-state index in [1.165, 1.54) is 166 Å². The van der Waals surface area contributed by atoms with E-state index in [9.17, 15) is 0 Å². The molecule has 0 atom stereocenters. The minimum absolute atomic E-state index is 0.0401. The summed E-state index contributed by atoms with van der Waals surface area (Å²) in [5.74, 6) is 2.52. The number of hydrogen-bond donors (Lipinski definition) is 0. The molecule has 0 amide bonds. The molecule has 5 aromatic carbocycles. The third-order valence-corrected chi connectivity index (χ3v) is 22.3. The molecule has 4 fully saturated rings. The number of nitrogens with zero attached hydrogens (tertiary/aromatic N) is 2. The van der Waals surface area contributed by atoms with Crippen molar-refractivity contribution in [2.75, 3.05) is 9.80 Å². The summed E-state index contributed by atoms with van der Waals surface area (Å²) < 4.78 is 7.83. The third kappa shape index (κ3) is 6.69. The lowest BCUT2D eigenvalue weighted by atomic mass is 9.35. The number of benzene rings is 5. The predicted octanol–water partition coefficient (Wildman–Crippen LogP) is 17.3. The van der Waals surface area contributed by atoms with Gasteiger partial charge in [-0.25, -0.2) is 0 Å². The zero-order valence-corrected chi connectivity index (χ0v) is 48.1. The SMILES string of the molecule is CC(C)(C)c1ccc(N2c3cc(C45CC6CC(CC(C6)C4)C5)cc4c3B(c3cc5c(cc3N4c3ccc4c(c3)C(C)(C)CCC4(C)C)C(C)(C)CCC5(C)C)c3oc4cc5c(cc4c32)C(C)(C)CCC5(C)C)cc1.